The standard InChI is InChI=1S/C21H19ClN2O3S/c1-27-19(25)12-17(14-7-3-2-4-8-14)20(26)24-21-23-13-16(28-21)11-15-9-5-6-10-18(15)22/h2-10,13,17H,11-12H2,1H3,(H,23,24,26). The van der Waals surface area contributed by atoms with E-state index < -0.39 is 11.9 Å². The smallest absolute Gasteiger partial charge is 0.306 e. The maximum Gasteiger partial charge on any atom is 0.306 e. The molecule has 0 bridgehead atoms. The molecule has 1 unspecified atom stereocenters. The van der Waals surface area contributed by atoms with Crippen molar-refractivity contribution in [1.82, 2.24) is 4.98 Å². The van der Waals surface area contributed by atoms with Crippen LogP contribution in [0.4, 0.5) is 5.13 Å². The lowest BCUT2D eigenvalue weighted by atomic mass is 9.95. The van der Waals surface area contributed by atoms with E-state index in [9.17, 15) is 9.59 Å². The number of carbonyl (C=O) groups excluding carboxylic acids is 2. The van der Waals surface area contributed by atoms with Gasteiger partial charge in [0, 0.05) is 22.5 Å². The van der Waals surface area contributed by atoms with Gasteiger partial charge in [-0.25, -0.2) is 4.98 Å². The van der Waals surface area contributed by atoms with E-state index in [1.54, 1.807) is 6.20 Å². The quantitative estimate of drug-likeness (QED) is 0.570. The van der Waals surface area contributed by atoms with E-state index in [-0.39, 0.29) is 12.3 Å². The lowest BCUT2D eigenvalue weighted by molar-refractivity contribution is -0.142. The van der Waals surface area contributed by atoms with Gasteiger partial charge in [0.15, 0.2) is 5.13 Å². The number of anilines is 1. The van der Waals surface area contributed by atoms with Gasteiger partial charge < -0.3 is 10.1 Å². The molecule has 0 spiro atoms. The second-order valence-corrected chi connectivity index (χ2v) is 7.66. The van der Waals surface area contributed by atoms with E-state index >= 15 is 0 Å². The van der Waals surface area contributed by atoms with Gasteiger partial charge in [0.05, 0.1) is 19.4 Å². The summed E-state index contributed by atoms with van der Waals surface area (Å²) in [5, 5.41) is 4.00. The van der Waals surface area contributed by atoms with Crippen LogP contribution < -0.4 is 5.32 Å². The Bertz CT molecular complexity index is 959. The fraction of sp³-hybridized carbons (Fsp3) is 0.190. The molecule has 144 valence electrons. The molecule has 0 radical (unpaired) electrons. The van der Waals surface area contributed by atoms with Crippen molar-refractivity contribution in [2.45, 2.75) is 18.8 Å². The zero-order valence-corrected chi connectivity index (χ0v) is 16.8. The van der Waals surface area contributed by atoms with Gasteiger partial charge in [-0.15, -0.1) is 11.3 Å². The second-order valence-electron chi connectivity index (χ2n) is 6.13. The molecule has 1 amide bonds. The van der Waals surface area contributed by atoms with Crippen LogP contribution in [0.5, 0.6) is 0 Å². The van der Waals surface area contributed by atoms with Crippen LogP contribution in [0.1, 0.15) is 28.3 Å². The van der Waals surface area contributed by atoms with Crippen molar-refractivity contribution in [3.8, 4) is 0 Å². The first kappa shape index (κ1) is 20.0. The van der Waals surface area contributed by atoms with Crippen LogP contribution in [-0.2, 0) is 20.7 Å². The summed E-state index contributed by atoms with van der Waals surface area (Å²) in [6.45, 7) is 0. The van der Waals surface area contributed by atoms with Gasteiger partial charge in [0.1, 0.15) is 0 Å². The fourth-order valence-corrected chi connectivity index (χ4v) is 3.81. The third kappa shape index (κ3) is 5.18. The largest absolute Gasteiger partial charge is 0.469 e. The molecule has 0 aliphatic carbocycles. The summed E-state index contributed by atoms with van der Waals surface area (Å²) in [4.78, 5) is 29.8. The molecule has 0 saturated heterocycles. The van der Waals surface area contributed by atoms with E-state index in [1.165, 1.54) is 18.4 Å². The topological polar surface area (TPSA) is 68.3 Å². The molecule has 1 heterocycles. The zero-order chi connectivity index (χ0) is 19.9. The Labute approximate surface area is 172 Å². The number of thiazole rings is 1. The average Bonchev–Trinajstić information content (AvgIpc) is 3.15. The van der Waals surface area contributed by atoms with Crippen LogP contribution >= 0.6 is 22.9 Å². The van der Waals surface area contributed by atoms with Crippen LogP contribution in [0.3, 0.4) is 0 Å². The van der Waals surface area contributed by atoms with Crippen molar-refractivity contribution in [3.05, 3.63) is 81.8 Å². The number of carbonyl (C=O) groups is 2. The molecule has 1 atom stereocenters. The number of nitrogens with one attached hydrogen (secondary N) is 1. The molecule has 1 N–H and O–H groups in total. The number of ether oxygens (including phenoxy) is 1. The molecule has 0 aliphatic heterocycles. The number of halogens is 1. The average molecular weight is 415 g/mol. The third-order valence-electron chi connectivity index (χ3n) is 4.22. The van der Waals surface area contributed by atoms with Gasteiger partial charge in [-0.1, -0.05) is 60.1 Å². The summed E-state index contributed by atoms with van der Waals surface area (Å²) in [6.07, 6.45) is 2.32. The molecule has 5 nitrogen and oxygen atoms in total. The van der Waals surface area contributed by atoms with Gasteiger partial charge >= 0.3 is 5.97 Å². The van der Waals surface area contributed by atoms with Gasteiger partial charge in [-0.2, -0.15) is 0 Å². The number of benzene rings is 2. The number of esters is 1. The highest BCUT2D eigenvalue weighted by atomic mass is 35.5. The predicted molar refractivity (Wildman–Crippen MR) is 111 cm³/mol. The highest BCUT2D eigenvalue weighted by Gasteiger charge is 2.25. The number of nitrogens with zero attached hydrogens (tertiary/aromatic N) is 1. The Morgan fingerprint density at radius 2 is 1.86 bits per heavy atom. The summed E-state index contributed by atoms with van der Waals surface area (Å²) in [5.74, 6) is -1.39. The van der Waals surface area contributed by atoms with Crippen LogP contribution in [0, 0.1) is 0 Å². The first-order chi connectivity index (χ1) is 13.6. The van der Waals surface area contributed by atoms with Crippen molar-refractivity contribution >= 4 is 39.9 Å². The van der Waals surface area contributed by atoms with Crippen molar-refractivity contribution in [2.24, 2.45) is 0 Å². The Morgan fingerprint density at radius 3 is 2.57 bits per heavy atom. The number of aromatic nitrogens is 1. The number of hydrogen-bond acceptors (Lipinski definition) is 5. The Morgan fingerprint density at radius 1 is 1.14 bits per heavy atom. The SMILES string of the molecule is COC(=O)CC(C(=O)Nc1ncc(Cc2ccccc2Cl)s1)c1ccccc1. The van der Waals surface area contributed by atoms with Crippen LogP contribution in [0.15, 0.2) is 60.8 Å². The Hall–Kier alpha value is -2.70. The maximum absolute atomic E-state index is 12.8. The molecule has 0 saturated carbocycles. The number of methoxy groups -OCH3 is 1. The predicted octanol–water partition coefficient (Wildman–Crippen LogP) is 4.67. The first-order valence-corrected chi connectivity index (χ1v) is 9.87. The second kappa shape index (κ2) is 9.48. The normalized spacial score (nSPS) is 11.6. The number of rotatable bonds is 7. The molecule has 3 rings (SSSR count). The maximum atomic E-state index is 12.8. The van der Waals surface area contributed by atoms with Gasteiger partial charge in [-0.05, 0) is 17.2 Å². The van der Waals surface area contributed by atoms with Crippen molar-refractivity contribution < 1.29 is 14.3 Å². The minimum absolute atomic E-state index is 0.0375. The van der Waals surface area contributed by atoms with Crippen molar-refractivity contribution in [3.63, 3.8) is 0 Å². The van der Waals surface area contributed by atoms with Gasteiger partial charge in [0.25, 0.3) is 0 Å². The highest BCUT2D eigenvalue weighted by Crippen LogP contribution is 2.27. The van der Waals surface area contributed by atoms with Crippen LogP contribution in [-0.4, -0.2) is 24.0 Å². The number of amides is 1. The molecule has 0 aliphatic rings. The Kier molecular flexibility index (Phi) is 6.79. The van der Waals surface area contributed by atoms with E-state index in [1.807, 2.05) is 54.6 Å². The molecule has 7 heteroatoms. The lowest BCUT2D eigenvalue weighted by Gasteiger charge is -2.15. The number of hydrogen-bond donors (Lipinski definition) is 1. The summed E-state index contributed by atoms with van der Waals surface area (Å²) >= 11 is 7.59. The molecule has 2 aromatic carbocycles. The summed E-state index contributed by atoms with van der Waals surface area (Å²) < 4.78 is 4.74. The van der Waals surface area contributed by atoms with Crippen molar-refractivity contribution in [2.75, 3.05) is 12.4 Å². The first-order valence-electron chi connectivity index (χ1n) is 8.67. The van der Waals surface area contributed by atoms with E-state index in [0.717, 1.165) is 16.0 Å². The molecule has 28 heavy (non-hydrogen) atoms. The minimum atomic E-state index is -0.649. The van der Waals surface area contributed by atoms with Crippen molar-refractivity contribution in [1.29, 1.82) is 0 Å². The zero-order valence-electron chi connectivity index (χ0n) is 15.2. The van der Waals surface area contributed by atoms with Gasteiger partial charge in [-0.3, -0.25) is 9.59 Å². The van der Waals surface area contributed by atoms with E-state index in [4.69, 9.17) is 16.3 Å². The molecule has 1 aromatic heterocycles. The van der Waals surface area contributed by atoms with Crippen LogP contribution in [0.25, 0.3) is 0 Å². The third-order valence-corrected chi connectivity index (χ3v) is 5.50. The van der Waals surface area contributed by atoms with E-state index in [2.05, 4.69) is 10.3 Å². The van der Waals surface area contributed by atoms with Crippen LogP contribution in [0.2, 0.25) is 5.02 Å². The van der Waals surface area contributed by atoms with E-state index in [0.29, 0.717) is 16.6 Å². The molecule has 0 fully saturated rings. The fourth-order valence-electron chi connectivity index (χ4n) is 2.77. The van der Waals surface area contributed by atoms with Gasteiger partial charge in [0.2, 0.25) is 5.91 Å². The Balaban J connectivity index is 1.72. The lowest BCUT2D eigenvalue weighted by Crippen LogP contribution is -2.24. The monoisotopic (exact) mass is 414 g/mol. The summed E-state index contributed by atoms with van der Waals surface area (Å²) in [5.41, 5.74) is 1.75. The molecule has 3 aromatic rings. The summed E-state index contributed by atoms with van der Waals surface area (Å²) in [7, 11) is 1.31. The highest BCUT2D eigenvalue weighted by molar-refractivity contribution is 7.15. The molecular formula is C21H19ClN2O3S. The molecular weight excluding hydrogens is 396 g/mol. The summed E-state index contributed by atoms with van der Waals surface area (Å²) in [6, 6.07) is 16.8. The minimum Gasteiger partial charge on any atom is -0.469 e.